The van der Waals surface area contributed by atoms with E-state index in [2.05, 4.69) is 25.2 Å². The van der Waals surface area contributed by atoms with Gasteiger partial charge in [-0.3, -0.25) is 18.9 Å². The Hall–Kier alpha value is -5.31. The zero-order valence-electron chi connectivity index (χ0n) is 30.0. The fourth-order valence-electron chi connectivity index (χ4n) is 8.44. The number of para-hydroxylation sites is 1. The topological polar surface area (TPSA) is 149 Å². The predicted molar refractivity (Wildman–Crippen MR) is 189 cm³/mol. The van der Waals surface area contributed by atoms with Crippen LogP contribution in [0.4, 0.5) is 42.5 Å². The fourth-order valence-corrected chi connectivity index (χ4v) is 8.95. The number of nitrogens with zero attached hydrogens (tertiary/aromatic N) is 7. The van der Waals surface area contributed by atoms with Gasteiger partial charge in [-0.1, -0.05) is 12.1 Å². The minimum absolute atomic E-state index is 0.0176. The number of anilines is 2. The van der Waals surface area contributed by atoms with Crippen LogP contribution in [-0.4, -0.2) is 76.4 Å². The van der Waals surface area contributed by atoms with Gasteiger partial charge in [-0.15, -0.1) is 0 Å². The first-order valence-electron chi connectivity index (χ1n) is 17.7. The highest BCUT2D eigenvalue weighted by molar-refractivity contribution is 7.92. The summed E-state index contributed by atoms with van der Waals surface area (Å²) in [7, 11) is -2.19. The Morgan fingerprint density at radius 1 is 1.07 bits per heavy atom. The van der Waals surface area contributed by atoms with E-state index in [1.54, 1.807) is 25.2 Å². The van der Waals surface area contributed by atoms with Gasteiger partial charge < -0.3 is 15.0 Å². The average Bonchev–Trinajstić information content (AvgIpc) is 3.62. The third kappa shape index (κ3) is 6.43. The molecule has 1 amide bonds. The summed E-state index contributed by atoms with van der Waals surface area (Å²) in [6, 6.07) is 6.34. The SMILES string of the molecule is Cn1nc(NS(C)(=O)=O)c2cccc(-c3cnc(N4CC5(COC5)C4)nc3[C@H](Cc3cc(F)cc(F)c3)NC(=O)Cn3nc(C(F)(F)F)c4c3C(F)(F)[C@@H]3C[C@H]43)c21. The van der Waals surface area contributed by atoms with Gasteiger partial charge in [-0.05, 0) is 42.5 Å². The molecule has 2 aliphatic heterocycles. The molecule has 0 radical (unpaired) electrons. The number of hydrogen-bond donors (Lipinski definition) is 2. The number of halogens is 7. The van der Waals surface area contributed by atoms with Gasteiger partial charge in [-0.2, -0.15) is 32.1 Å². The lowest BCUT2D eigenvalue weighted by molar-refractivity contribution is -0.142. The van der Waals surface area contributed by atoms with Gasteiger partial charge in [0.15, 0.2) is 11.5 Å². The lowest BCUT2D eigenvalue weighted by Crippen LogP contribution is -2.66. The number of alkyl halides is 5. The van der Waals surface area contributed by atoms with Crippen molar-refractivity contribution in [3.05, 3.63) is 82.4 Å². The second-order valence-electron chi connectivity index (χ2n) is 15.3. The van der Waals surface area contributed by atoms with Crippen LogP contribution >= 0.6 is 0 Å². The third-order valence-corrected chi connectivity index (χ3v) is 11.5. The number of nitrogens with one attached hydrogen (secondary N) is 2. The summed E-state index contributed by atoms with van der Waals surface area (Å²) in [6.45, 7) is 1.12. The number of carbonyl (C=O) groups excluding carboxylic acids is 1. The van der Waals surface area contributed by atoms with Crippen molar-refractivity contribution in [2.75, 3.05) is 42.2 Å². The van der Waals surface area contributed by atoms with Crippen molar-refractivity contribution in [2.45, 2.75) is 43.4 Å². The fraction of sp³-hybridized carbons (Fsp3) is 0.417. The number of aryl methyl sites for hydroxylation is 1. The van der Waals surface area contributed by atoms with E-state index >= 15 is 8.78 Å². The first kappa shape index (κ1) is 37.3. The monoisotopic (exact) mass is 819 g/mol. The Morgan fingerprint density at radius 2 is 1.79 bits per heavy atom. The van der Waals surface area contributed by atoms with Crippen molar-refractivity contribution >= 4 is 38.6 Å². The van der Waals surface area contributed by atoms with Crippen molar-refractivity contribution in [3.8, 4) is 11.1 Å². The summed E-state index contributed by atoms with van der Waals surface area (Å²) in [5, 5.41) is 10.9. The Morgan fingerprint density at radius 3 is 2.44 bits per heavy atom. The number of hydrogen-bond acceptors (Lipinski definition) is 9. The molecule has 300 valence electrons. The van der Waals surface area contributed by atoms with Gasteiger partial charge in [0.1, 0.15) is 23.9 Å². The lowest BCUT2D eigenvalue weighted by Gasteiger charge is -2.54. The predicted octanol–water partition coefficient (Wildman–Crippen LogP) is 5.04. The smallest absolute Gasteiger partial charge is 0.380 e. The summed E-state index contributed by atoms with van der Waals surface area (Å²) < 4.78 is 136. The molecule has 2 saturated heterocycles. The number of sulfonamides is 1. The molecule has 21 heteroatoms. The number of carbonyl (C=O) groups is 1. The third-order valence-electron chi connectivity index (χ3n) is 10.9. The van der Waals surface area contributed by atoms with E-state index in [4.69, 9.17) is 9.72 Å². The maximum Gasteiger partial charge on any atom is 0.435 e. The Balaban J connectivity index is 1.16. The van der Waals surface area contributed by atoms with E-state index in [1.807, 2.05) is 4.90 Å². The number of ether oxygens (including phenoxy) is 1. The zero-order valence-corrected chi connectivity index (χ0v) is 30.9. The Labute approximate surface area is 319 Å². The Bertz CT molecular complexity index is 2580. The van der Waals surface area contributed by atoms with E-state index in [9.17, 15) is 35.2 Å². The van der Waals surface area contributed by atoms with Gasteiger partial charge in [-0.25, -0.2) is 27.2 Å². The van der Waals surface area contributed by atoms with Crippen molar-refractivity contribution in [1.82, 2.24) is 34.8 Å². The van der Waals surface area contributed by atoms with Crippen LogP contribution in [0.15, 0.2) is 42.6 Å². The Kier molecular flexibility index (Phi) is 8.24. The molecule has 9 rings (SSSR count). The minimum atomic E-state index is -5.06. The molecule has 1 saturated carbocycles. The van der Waals surface area contributed by atoms with E-state index in [0.29, 0.717) is 53.5 Å². The second-order valence-corrected chi connectivity index (χ2v) is 17.1. The van der Waals surface area contributed by atoms with Crippen LogP contribution < -0.4 is 14.9 Å². The molecular weight excluding hydrogens is 788 g/mol. The highest BCUT2D eigenvalue weighted by atomic mass is 32.2. The van der Waals surface area contributed by atoms with Crippen molar-refractivity contribution in [3.63, 3.8) is 0 Å². The van der Waals surface area contributed by atoms with E-state index < -0.39 is 81.0 Å². The number of aromatic nitrogens is 6. The van der Waals surface area contributed by atoms with E-state index in [-0.39, 0.29) is 46.8 Å². The molecule has 2 aliphatic carbocycles. The van der Waals surface area contributed by atoms with Gasteiger partial charge in [0.2, 0.25) is 21.9 Å². The molecule has 5 heterocycles. The highest BCUT2D eigenvalue weighted by Crippen LogP contribution is 2.68. The molecule has 57 heavy (non-hydrogen) atoms. The number of fused-ring (bicyclic) bond motifs is 4. The summed E-state index contributed by atoms with van der Waals surface area (Å²) in [6.07, 6.45) is -3.08. The van der Waals surface area contributed by atoms with Crippen LogP contribution in [0.3, 0.4) is 0 Å². The standard InChI is InChI=1S/C36H32F7N9O4S/c1-50-29-20(4-3-5-21(29)32(48-50)49-57(2,54)55)23-11-44-33(51-13-34(14-51)15-56-16-34)46-28(23)25(8-17-6-18(37)9-19(38)7-17)45-26(53)12-52-31-27(30(47-52)36(41,42)43)22-10-24(22)35(31,39)40/h3-7,9,11,22,24-25H,8,10,12-16H2,1-2H3,(H,45,53)(H,48,49)/t22-,24+,25-/m0/s1. The maximum atomic E-state index is 15.4. The molecule has 2 N–H and O–H groups in total. The lowest BCUT2D eigenvalue weighted by atomic mass is 9.78. The highest BCUT2D eigenvalue weighted by Gasteiger charge is 2.68. The van der Waals surface area contributed by atoms with Gasteiger partial charge in [0.05, 0.1) is 42.1 Å². The van der Waals surface area contributed by atoms with Crippen molar-refractivity contribution in [1.29, 1.82) is 0 Å². The summed E-state index contributed by atoms with van der Waals surface area (Å²) in [5.41, 5.74) is -1.89. The average molecular weight is 820 g/mol. The number of rotatable bonds is 10. The maximum absolute atomic E-state index is 15.4. The zero-order chi connectivity index (χ0) is 40.4. The molecular formula is C36H32F7N9O4S. The van der Waals surface area contributed by atoms with Gasteiger partial charge in [0, 0.05) is 60.4 Å². The number of amides is 1. The van der Waals surface area contributed by atoms with E-state index in [1.165, 1.54) is 10.9 Å². The van der Waals surface area contributed by atoms with Crippen LogP contribution in [0.1, 0.15) is 46.6 Å². The molecule has 1 spiro atoms. The van der Waals surface area contributed by atoms with Crippen molar-refractivity contribution < 1.29 is 48.7 Å². The molecule has 13 nitrogen and oxygen atoms in total. The molecule has 5 aromatic rings. The van der Waals surface area contributed by atoms with Crippen LogP contribution in [0.2, 0.25) is 0 Å². The van der Waals surface area contributed by atoms with Crippen LogP contribution in [-0.2, 0) is 51.7 Å². The molecule has 4 aliphatic rings. The van der Waals surface area contributed by atoms with Gasteiger partial charge in [0.25, 0.3) is 5.92 Å². The second kappa shape index (κ2) is 12.6. The van der Waals surface area contributed by atoms with Crippen LogP contribution in [0, 0.1) is 23.0 Å². The summed E-state index contributed by atoms with van der Waals surface area (Å²) in [5.74, 6) is -8.65. The van der Waals surface area contributed by atoms with Crippen LogP contribution in [0.5, 0.6) is 0 Å². The van der Waals surface area contributed by atoms with Crippen LogP contribution in [0.25, 0.3) is 22.0 Å². The molecule has 2 aromatic carbocycles. The van der Waals surface area contributed by atoms with E-state index in [0.717, 1.165) is 18.4 Å². The minimum Gasteiger partial charge on any atom is -0.380 e. The molecule has 0 bridgehead atoms. The first-order chi connectivity index (χ1) is 26.8. The largest absolute Gasteiger partial charge is 0.435 e. The summed E-state index contributed by atoms with van der Waals surface area (Å²) >= 11 is 0. The molecule has 0 unspecified atom stereocenters. The summed E-state index contributed by atoms with van der Waals surface area (Å²) in [4.78, 5) is 25.3. The molecule has 3 fully saturated rings. The van der Waals surface area contributed by atoms with Gasteiger partial charge >= 0.3 is 6.18 Å². The molecule has 3 atom stereocenters. The first-order valence-corrected chi connectivity index (χ1v) is 19.6. The normalized spacial score (nSPS) is 20.8. The molecule has 3 aromatic heterocycles. The quantitative estimate of drug-likeness (QED) is 0.185. The number of benzene rings is 2. The van der Waals surface area contributed by atoms with Crippen molar-refractivity contribution in [2.24, 2.45) is 18.4 Å².